The summed E-state index contributed by atoms with van der Waals surface area (Å²) in [6.07, 6.45) is 3.16. The van der Waals surface area contributed by atoms with Gasteiger partial charge in [-0.3, -0.25) is 9.59 Å². The molecule has 0 radical (unpaired) electrons. The molecule has 1 atom stereocenters. The van der Waals surface area contributed by atoms with Gasteiger partial charge in [0.05, 0.1) is 31.1 Å². The third-order valence-electron chi connectivity index (χ3n) is 3.64. The number of hydrogen-bond donors (Lipinski definition) is 2. The number of carbonyl (C=O) groups excluding carboxylic acids is 2. The normalized spacial score (nSPS) is 16.5. The van der Waals surface area contributed by atoms with E-state index in [9.17, 15) is 9.59 Å². The fourth-order valence-electron chi connectivity index (χ4n) is 2.41. The van der Waals surface area contributed by atoms with Crippen molar-refractivity contribution in [3.63, 3.8) is 0 Å². The first kappa shape index (κ1) is 20.0. The van der Waals surface area contributed by atoms with Gasteiger partial charge in [0.15, 0.2) is 11.5 Å². The van der Waals surface area contributed by atoms with E-state index in [2.05, 4.69) is 15.8 Å². The Morgan fingerprint density at radius 2 is 2.23 bits per heavy atom. The van der Waals surface area contributed by atoms with Gasteiger partial charge in [-0.2, -0.15) is 5.10 Å². The largest absolute Gasteiger partial charge is 0.493 e. The van der Waals surface area contributed by atoms with Gasteiger partial charge in [0.2, 0.25) is 0 Å². The average Bonchev–Trinajstić information content (AvgIpc) is 3.15. The van der Waals surface area contributed by atoms with Crippen LogP contribution in [0.2, 0.25) is 5.02 Å². The van der Waals surface area contributed by atoms with Gasteiger partial charge in [0.25, 0.3) is 0 Å². The van der Waals surface area contributed by atoms with Crippen molar-refractivity contribution in [1.29, 1.82) is 0 Å². The molecule has 1 aromatic rings. The number of amides is 2. The number of hydrazone groups is 1. The zero-order chi connectivity index (χ0) is 18.9. The van der Waals surface area contributed by atoms with Crippen LogP contribution in [0.25, 0.3) is 0 Å². The van der Waals surface area contributed by atoms with Crippen LogP contribution in [-0.4, -0.2) is 51.0 Å². The standard InChI is InChI=1S/C17H22ClN3O5/c1-3-25-15-13(18)7-11(8-14(15)24-2)9-20-21-17(23)16(22)19-10-12-5-4-6-26-12/h7-9,12H,3-6,10H2,1-2H3,(H,19,22)(H,21,23)/b20-9-/t12-/m1/s1. The molecule has 1 aliphatic heterocycles. The van der Waals surface area contributed by atoms with E-state index in [0.717, 1.165) is 12.8 Å². The summed E-state index contributed by atoms with van der Waals surface area (Å²) in [6, 6.07) is 3.27. The molecule has 9 heteroatoms. The van der Waals surface area contributed by atoms with Crippen molar-refractivity contribution in [1.82, 2.24) is 10.7 Å². The van der Waals surface area contributed by atoms with Crippen LogP contribution < -0.4 is 20.2 Å². The molecule has 0 saturated carbocycles. The number of methoxy groups -OCH3 is 1. The van der Waals surface area contributed by atoms with Gasteiger partial charge >= 0.3 is 11.8 Å². The molecule has 1 heterocycles. The molecule has 0 aliphatic carbocycles. The maximum Gasteiger partial charge on any atom is 0.329 e. The maximum absolute atomic E-state index is 11.7. The minimum atomic E-state index is -0.858. The summed E-state index contributed by atoms with van der Waals surface area (Å²) >= 11 is 6.16. The Morgan fingerprint density at radius 1 is 1.42 bits per heavy atom. The van der Waals surface area contributed by atoms with Crippen LogP contribution in [0.15, 0.2) is 17.2 Å². The Labute approximate surface area is 156 Å². The minimum Gasteiger partial charge on any atom is -0.493 e. The Morgan fingerprint density at radius 3 is 2.88 bits per heavy atom. The molecule has 0 spiro atoms. The molecule has 142 valence electrons. The number of halogens is 1. The lowest BCUT2D eigenvalue weighted by Crippen LogP contribution is -2.41. The Balaban J connectivity index is 1.89. The van der Waals surface area contributed by atoms with Crippen molar-refractivity contribution in [3.05, 3.63) is 22.7 Å². The van der Waals surface area contributed by atoms with Crippen molar-refractivity contribution in [2.75, 3.05) is 26.9 Å². The minimum absolute atomic E-state index is 0.0336. The number of hydrogen-bond acceptors (Lipinski definition) is 6. The molecule has 26 heavy (non-hydrogen) atoms. The van der Waals surface area contributed by atoms with E-state index in [-0.39, 0.29) is 6.10 Å². The summed E-state index contributed by atoms with van der Waals surface area (Å²) in [7, 11) is 1.50. The lowest BCUT2D eigenvalue weighted by atomic mass is 10.2. The highest BCUT2D eigenvalue weighted by atomic mass is 35.5. The third-order valence-corrected chi connectivity index (χ3v) is 3.92. The van der Waals surface area contributed by atoms with E-state index in [1.54, 1.807) is 12.1 Å². The van der Waals surface area contributed by atoms with Gasteiger partial charge in [-0.05, 0) is 37.5 Å². The maximum atomic E-state index is 11.7. The number of benzene rings is 1. The van der Waals surface area contributed by atoms with Crippen molar-refractivity contribution < 1.29 is 23.8 Å². The van der Waals surface area contributed by atoms with Crippen LogP contribution in [0.5, 0.6) is 11.5 Å². The Kier molecular flexibility index (Phi) is 7.68. The first-order valence-corrected chi connectivity index (χ1v) is 8.66. The van der Waals surface area contributed by atoms with Gasteiger partial charge < -0.3 is 19.5 Å². The van der Waals surface area contributed by atoms with Gasteiger partial charge in [-0.1, -0.05) is 11.6 Å². The first-order chi connectivity index (χ1) is 12.5. The predicted octanol–water partition coefficient (Wildman–Crippen LogP) is 1.49. The summed E-state index contributed by atoms with van der Waals surface area (Å²) in [4.78, 5) is 23.4. The third kappa shape index (κ3) is 5.60. The van der Waals surface area contributed by atoms with Crippen molar-refractivity contribution >= 4 is 29.6 Å². The molecule has 0 aromatic heterocycles. The molecular weight excluding hydrogens is 362 g/mol. The molecule has 0 bridgehead atoms. The zero-order valence-electron chi connectivity index (χ0n) is 14.7. The van der Waals surface area contributed by atoms with E-state index >= 15 is 0 Å². The van der Waals surface area contributed by atoms with Crippen molar-refractivity contribution in [3.8, 4) is 11.5 Å². The lowest BCUT2D eigenvalue weighted by molar-refractivity contribution is -0.139. The monoisotopic (exact) mass is 383 g/mol. The average molecular weight is 384 g/mol. The van der Waals surface area contributed by atoms with Crippen LogP contribution in [0, 0.1) is 0 Å². The van der Waals surface area contributed by atoms with Crippen LogP contribution in [0.1, 0.15) is 25.3 Å². The fourth-order valence-corrected chi connectivity index (χ4v) is 2.68. The highest BCUT2D eigenvalue weighted by Gasteiger charge is 2.19. The number of nitrogens with zero attached hydrogens (tertiary/aromatic N) is 1. The summed E-state index contributed by atoms with van der Waals surface area (Å²) in [6.45, 7) is 3.28. The fraction of sp³-hybridized carbons (Fsp3) is 0.471. The molecule has 2 N–H and O–H groups in total. The summed E-state index contributed by atoms with van der Waals surface area (Å²) in [5.41, 5.74) is 2.74. The summed E-state index contributed by atoms with van der Waals surface area (Å²) in [5.74, 6) is -0.740. The highest BCUT2D eigenvalue weighted by molar-refractivity contribution is 6.35. The number of nitrogens with one attached hydrogen (secondary N) is 2. The second-order valence-electron chi connectivity index (χ2n) is 5.51. The summed E-state index contributed by atoms with van der Waals surface area (Å²) in [5, 5.41) is 6.63. The highest BCUT2D eigenvalue weighted by Crippen LogP contribution is 2.35. The summed E-state index contributed by atoms with van der Waals surface area (Å²) < 4.78 is 16.0. The van der Waals surface area contributed by atoms with E-state index in [1.165, 1.54) is 13.3 Å². The molecule has 1 aliphatic rings. The quantitative estimate of drug-likeness (QED) is 0.422. The topological polar surface area (TPSA) is 98.2 Å². The molecule has 1 fully saturated rings. The molecule has 8 nitrogen and oxygen atoms in total. The van der Waals surface area contributed by atoms with E-state index < -0.39 is 11.8 Å². The predicted molar refractivity (Wildman–Crippen MR) is 96.9 cm³/mol. The van der Waals surface area contributed by atoms with Crippen LogP contribution in [-0.2, 0) is 14.3 Å². The Hall–Kier alpha value is -2.32. The van der Waals surface area contributed by atoms with Gasteiger partial charge in [0.1, 0.15) is 0 Å². The van der Waals surface area contributed by atoms with Gasteiger partial charge in [0, 0.05) is 13.2 Å². The van der Waals surface area contributed by atoms with Crippen LogP contribution >= 0.6 is 11.6 Å². The number of ether oxygens (including phenoxy) is 3. The molecule has 2 amide bonds. The first-order valence-electron chi connectivity index (χ1n) is 8.28. The van der Waals surface area contributed by atoms with Gasteiger partial charge in [-0.15, -0.1) is 0 Å². The van der Waals surface area contributed by atoms with Crippen molar-refractivity contribution in [2.45, 2.75) is 25.9 Å². The zero-order valence-corrected chi connectivity index (χ0v) is 15.5. The lowest BCUT2D eigenvalue weighted by Gasteiger charge is -2.11. The smallest absolute Gasteiger partial charge is 0.329 e. The second kappa shape index (κ2) is 9.98. The van der Waals surface area contributed by atoms with Gasteiger partial charge in [-0.25, -0.2) is 5.43 Å². The van der Waals surface area contributed by atoms with Crippen LogP contribution in [0.4, 0.5) is 0 Å². The number of carbonyl (C=O) groups is 2. The second-order valence-corrected chi connectivity index (χ2v) is 5.92. The number of rotatable bonds is 7. The van der Waals surface area contributed by atoms with E-state index in [0.29, 0.717) is 41.8 Å². The molecule has 0 unspecified atom stereocenters. The molecule has 2 rings (SSSR count). The Bertz CT molecular complexity index is 675. The molecular formula is C17H22ClN3O5. The SMILES string of the molecule is CCOc1c(Cl)cc(/C=N\NC(=O)C(=O)NC[C@H]2CCCO2)cc1OC. The van der Waals surface area contributed by atoms with E-state index in [1.807, 2.05) is 6.92 Å². The molecule has 1 saturated heterocycles. The van der Waals surface area contributed by atoms with Crippen molar-refractivity contribution in [2.24, 2.45) is 5.10 Å². The van der Waals surface area contributed by atoms with E-state index in [4.69, 9.17) is 25.8 Å². The molecule has 1 aromatic carbocycles. The van der Waals surface area contributed by atoms with Crippen LogP contribution in [0.3, 0.4) is 0 Å².